The molecule has 0 radical (unpaired) electrons. The van der Waals surface area contributed by atoms with E-state index in [9.17, 15) is 4.79 Å². The standard InChI is InChI=1S/C21H26N2O3S/c1-5-15(4)26-17-12-10-16(11-13-17)22-21(27)23-20(24)18-8-6-7-9-19(18)25-14(2)3/h6-15H,5H2,1-4H3,(H2,22,23,24,27). The first-order chi connectivity index (χ1) is 12.9. The number of nitrogens with one attached hydrogen (secondary N) is 2. The van der Waals surface area contributed by atoms with Crippen molar-refractivity contribution in [2.45, 2.75) is 46.3 Å². The first kappa shape index (κ1) is 20.7. The number of hydrogen-bond acceptors (Lipinski definition) is 4. The molecule has 5 nitrogen and oxygen atoms in total. The fourth-order valence-electron chi connectivity index (χ4n) is 2.28. The predicted octanol–water partition coefficient (Wildman–Crippen LogP) is 4.78. The van der Waals surface area contributed by atoms with Crippen LogP contribution in [0.4, 0.5) is 5.69 Å². The minimum absolute atomic E-state index is 0.0276. The summed E-state index contributed by atoms with van der Waals surface area (Å²) in [6, 6.07) is 14.5. The Morgan fingerprint density at radius 2 is 1.70 bits per heavy atom. The molecule has 1 amide bonds. The van der Waals surface area contributed by atoms with Gasteiger partial charge >= 0.3 is 0 Å². The zero-order chi connectivity index (χ0) is 19.8. The first-order valence-electron chi connectivity index (χ1n) is 9.03. The molecule has 1 atom stereocenters. The van der Waals surface area contributed by atoms with Crippen LogP contribution in [0, 0.1) is 0 Å². The molecule has 0 aliphatic carbocycles. The number of anilines is 1. The Morgan fingerprint density at radius 3 is 2.33 bits per heavy atom. The van der Waals surface area contributed by atoms with Crippen LogP contribution in [0.25, 0.3) is 0 Å². The van der Waals surface area contributed by atoms with Gasteiger partial charge in [0.1, 0.15) is 11.5 Å². The second-order valence-electron chi connectivity index (χ2n) is 6.43. The summed E-state index contributed by atoms with van der Waals surface area (Å²) in [7, 11) is 0. The van der Waals surface area contributed by atoms with Gasteiger partial charge in [0.2, 0.25) is 0 Å². The average Bonchev–Trinajstić information content (AvgIpc) is 2.63. The highest BCUT2D eigenvalue weighted by Crippen LogP contribution is 2.20. The van der Waals surface area contributed by atoms with Gasteiger partial charge in [0, 0.05) is 5.69 Å². The molecule has 2 N–H and O–H groups in total. The highest BCUT2D eigenvalue weighted by molar-refractivity contribution is 7.80. The lowest BCUT2D eigenvalue weighted by Crippen LogP contribution is -2.34. The number of carbonyl (C=O) groups is 1. The van der Waals surface area contributed by atoms with Gasteiger partial charge in [-0.2, -0.15) is 0 Å². The Morgan fingerprint density at radius 1 is 1.04 bits per heavy atom. The summed E-state index contributed by atoms with van der Waals surface area (Å²) >= 11 is 5.25. The van der Waals surface area contributed by atoms with E-state index in [0.29, 0.717) is 11.3 Å². The van der Waals surface area contributed by atoms with Crippen molar-refractivity contribution < 1.29 is 14.3 Å². The van der Waals surface area contributed by atoms with Gasteiger partial charge in [-0.3, -0.25) is 10.1 Å². The summed E-state index contributed by atoms with van der Waals surface area (Å²) in [4.78, 5) is 12.5. The molecule has 27 heavy (non-hydrogen) atoms. The highest BCUT2D eigenvalue weighted by atomic mass is 32.1. The molecule has 0 aliphatic heterocycles. The summed E-state index contributed by atoms with van der Waals surface area (Å²) in [5.41, 5.74) is 1.20. The van der Waals surface area contributed by atoms with Gasteiger partial charge in [0.25, 0.3) is 5.91 Å². The van der Waals surface area contributed by atoms with Crippen LogP contribution in [0.5, 0.6) is 11.5 Å². The topological polar surface area (TPSA) is 59.6 Å². The number of amides is 1. The Balaban J connectivity index is 1.96. The number of rotatable bonds is 7. The van der Waals surface area contributed by atoms with Crippen LogP contribution in [0.2, 0.25) is 0 Å². The van der Waals surface area contributed by atoms with Crippen molar-refractivity contribution in [3.8, 4) is 11.5 Å². The van der Waals surface area contributed by atoms with Crippen LogP contribution < -0.4 is 20.1 Å². The van der Waals surface area contributed by atoms with E-state index in [1.54, 1.807) is 18.2 Å². The molecule has 1 unspecified atom stereocenters. The molecule has 6 heteroatoms. The minimum Gasteiger partial charge on any atom is -0.491 e. The molecule has 0 saturated carbocycles. The van der Waals surface area contributed by atoms with Gasteiger partial charge in [0.15, 0.2) is 5.11 Å². The molecule has 2 aromatic rings. The smallest absolute Gasteiger partial charge is 0.261 e. The maximum absolute atomic E-state index is 12.5. The van der Waals surface area contributed by atoms with Crippen molar-refractivity contribution in [2.75, 3.05) is 5.32 Å². The predicted molar refractivity (Wildman–Crippen MR) is 113 cm³/mol. The second-order valence-corrected chi connectivity index (χ2v) is 6.84. The lowest BCUT2D eigenvalue weighted by Gasteiger charge is -2.15. The van der Waals surface area contributed by atoms with Crippen molar-refractivity contribution in [1.29, 1.82) is 0 Å². The summed E-state index contributed by atoms with van der Waals surface area (Å²) in [6.45, 7) is 7.93. The van der Waals surface area contributed by atoms with Crippen molar-refractivity contribution in [1.82, 2.24) is 5.32 Å². The van der Waals surface area contributed by atoms with Crippen molar-refractivity contribution in [3.05, 3.63) is 54.1 Å². The molecule has 0 fully saturated rings. The Labute approximate surface area is 166 Å². The summed E-state index contributed by atoms with van der Waals surface area (Å²) in [5, 5.41) is 5.90. The number of carbonyl (C=O) groups excluding carboxylic acids is 1. The van der Waals surface area contributed by atoms with Crippen molar-refractivity contribution >= 4 is 28.9 Å². The molecule has 0 heterocycles. The molecule has 0 aliphatic rings. The quantitative estimate of drug-likeness (QED) is 0.671. The van der Waals surface area contributed by atoms with E-state index in [2.05, 4.69) is 17.6 Å². The first-order valence-corrected chi connectivity index (χ1v) is 9.44. The lowest BCUT2D eigenvalue weighted by molar-refractivity contribution is 0.0972. The van der Waals surface area contributed by atoms with Crippen molar-refractivity contribution in [3.63, 3.8) is 0 Å². The zero-order valence-corrected chi connectivity index (χ0v) is 16.9. The van der Waals surface area contributed by atoms with E-state index in [-0.39, 0.29) is 23.2 Å². The third-order valence-electron chi connectivity index (χ3n) is 3.75. The molecule has 2 aromatic carbocycles. The van der Waals surface area contributed by atoms with Gasteiger partial charge in [-0.1, -0.05) is 19.1 Å². The Kier molecular flexibility index (Phi) is 7.61. The maximum Gasteiger partial charge on any atom is 0.261 e. The third-order valence-corrected chi connectivity index (χ3v) is 3.95. The van der Waals surface area contributed by atoms with Crippen LogP contribution in [-0.2, 0) is 0 Å². The van der Waals surface area contributed by atoms with E-state index < -0.39 is 0 Å². The molecular formula is C21H26N2O3S. The van der Waals surface area contributed by atoms with Crippen LogP contribution in [0.15, 0.2) is 48.5 Å². The summed E-state index contributed by atoms with van der Waals surface area (Å²) < 4.78 is 11.4. The Bertz CT molecular complexity index is 775. The number of hydrogen-bond donors (Lipinski definition) is 2. The summed E-state index contributed by atoms with van der Waals surface area (Å²) in [5.74, 6) is 1.00. The van der Waals surface area contributed by atoms with Crippen LogP contribution in [-0.4, -0.2) is 23.2 Å². The fraction of sp³-hybridized carbons (Fsp3) is 0.333. The molecule has 0 saturated heterocycles. The van der Waals surface area contributed by atoms with E-state index >= 15 is 0 Å². The normalized spacial score (nSPS) is 11.6. The monoisotopic (exact) mass is 386 g/mol. The molecule has 0 spiro atoms. The number of ether oxygens (including phenoxy) is 2. The summed E-state index contributed by atoms with van der Waals surface area (Å²) in [6.07, 6.45) is 1.08. The minimum atomic E-state index is -0.319. The molecule has 2 rings (SSSR count). The van der Waals surface area contributed by atoms with Crippen LogP contribution >= 0.6 is 12.2 Å². The van der Waals surface area contributed by atoms with Gasteiger partial charge < -0.3 is 14.8 Å². The van der Waals surface area contributed by atoms with Gasteiger partial charge in [-0.05, 0) is 75.8 Å². The van der Waals surface area contributed by atoms with Gasteiger partial charge in [-0.15, -0.1) is 0 Å². The lowest BCUT2D eigenvalue weighted by atomic mass is 10.2. The number of benzene rings is 2. The second kappa shape index (κ2) is 9.92. The Hall–Kier alpha value is -2.60. The number of thiocarbonyl (C=S) groups is 1. The van der Waals surface area contributed by atoms with E-state index in [1.807, 2.05) is 51.1 Å². The van der Waals surface area contributed by atoms with E-state index in [0.717, 1.165) is 17.9 Å². The highest BCUT2D eigenvalue weighted by Gasteiger charge is 2.14. The van der Waals surface area contributed by atoms with E-state index in [4.69, 9.17) is 21.7 Å². The third kappa shape index (κ3) is 6.57. The van der Waals surface area contributed by atoms with Gasteiger partial charge in [0.05, 0.1) is 17.8 Å². The molecular weight excluding hydrogens is 360 g/mol. The molecule has 0 bridgehead atoms. The SMILES string of the molecule is CCC(C)Oc1ccc(NC(=S)NC(=O)c2ccccc2OC(C)C)cc1. The zero-order valence-electron chi connectivity index (χ0n) is 16.1. The van der Waals surface area contributed by atoms with Crippen molar-refractivity contribution in [2.24, 2.45) is 0 Å². The van der Waals surface area contributed by atoms with Crippen LogP contribution in [0.3, 0.4) is 0 Å². The number of para-hydroxylation sites is 1. The molecule has 0 aromatic heterocycles. The van der Waals surface area contributed by atoms with Gasteiger partial charge in [-0.25, -0.2) is 0 Å². The molecule has 144 valence electrons. The average molecular weight is 387 g/mol. The maximum atomic E-state index is 12.5. The fourth-order valence-corrected chi connectivity index (χ4v) is 2.49. The van der Waals surface area contributed by atoms with Crippen LogP contribution in [0.1, 0.15) is 44.5 Å². The largest absolute Gasteiger partial charge is 0.491 e. The van der Waals surface area contributed by atoms with E-state index in [1.165, 1.54) is 0 Å².